The Morgan fingerprint density at radius 1 is 1.17 bits per heavy atom. The third-order valence-corrected chi connectivity index (χ3v) is 3.96. The van der Waals surface area contributed by atoms with Crippen LogP contribution in [0.15, 0.2) is 42.9 Å². The lowest BCUT2D eigenvalue weighted by molar-refractivity contribution is 0.0514. The molecule has 8 nitrogen and oxygen atoms in total. The third-order valence-electron chi connectivity index (χ3n) is 3.78. The molecule has 3 aromatic rings. The van der Waals surface area contributed by atoms with Crippen molar-refractivity contribution in [3.05, 3.63) is 53.7 Å². The number of anilines is 2. The van der Waals surface area contributed by atoms with E-state index in [-0.39, 0.29) is 5.28 Å². The van der Waals surface area contributed by atoms with Crippen molar-refractivity contribution in [3.63, 3.8) is 0 Å². The van der Waals surface area contributed by atoms with Crippen molar-refractivity contribution in [2.24, 2.45) is 0 Å². The van der Waals surface area contributed by atoms with E-state index in [0.717, 1.165) is 22.4 Å². The first kappa shape index (κ1) is 20.8. The monoisotopic (exact) mass is 415 g/mol. The Balaban J connectivity index is 1.75. The predicted molar refractivity (Wildman–Crippen MR) is 110 cm³/mol. The van der Waals surface area contributed by atoms with Crippen molar-refractivity contribution >= 4 is 29.2 Å². The van der Waals surface area contributed by atoms with Gasteiger partial charge >= 0.3 is 6.09 Å². The van der Waals surface area contributed by atoms with Crippen molar-refractivity contribution < 1.29 is 14.3 Å². The van der Waals surface area contributed by atoms with E-state index in [1.165, 1.54) is 4.68 Å². The number of methoxy groups -OCH3 is 1. The van der Waals surface area contributed by atoms with Gasteiger partial charge in [-0.2, -0.15) is 9.78 Å². The van der Waals surface area contributed by atoms with E-state index in [1.54, 1.807) is 25.7 Å². The number of hydrogen-bond acceptors (Lipinski definition) is 7. The smallest absolute Gasteiger partial charge is 0.435 e. The molecule has 2 heterocycles. The van der Waals surface area contributed by atoms with Crippen LogP contribution in [0.5, 0.6) is 0 Å². The highest BCUT2D eigenvalue weighted by atomic mass is 35.5. The molecule has 2 aromatic heterocycles. The summed E-state index contributed by atoms with van der Waals surface area (Å²) >= 11 is 5.91. The number of carbonyl (C=O) groups excluding carboxylic acids is 1. The fraction of sp³-hybridized carbons (Fsp3) is 0.300. The highest BCUT2D eigenvalue weighted by molar-refractivity contribution is 6.28. The summed E-state index contributed by atoms with van der Waals surface area (Å²) in [6.07, 6.45) is 4.36. The normalized spacial score (nSPS) is 11.3. The maximum Gasteiger partial charge on any atom is 0.435 e. The van der Waals surface area contributed by atoms with E-state index >= 15 is 0 Å². The van der Waals surface area contributed by atoms with Gasteiger partial charge in [-0.15, -0.1) is 0 Å². The van der Waals surface area contributed by atoms with Crippen LogP contribution < -0.4 is 5.32 Å². The van der Waals surface area contributed by atoms with E-state index in [2.05, 4.69) is 20.4 Å². The molecule has 1 N–H and O–H groups in total. The lowest BCUT2D eigenvalue weighted by Gasteiger charge is -2.18. The molecular weight excluding hydrogens is 394 g/mol. The Labute approximate surface area is 173 Å². The van der Waals surface area contributed by atoms with E-state index in [0.29, 0.717) is 12.4 Å². The predicted octanol–water partition coefficient (Wildman–Crippen LogP) is 4.67. The van der Waals surface area contributed by atoms with Crippen molar-refractivity contribution in [2.45, 2.75) is 33.0 Å². The average Bonchev–Trinajstić information content (AvgIpc) is 3.14. The summed E-state index contributed by atoms with van der Waals surface area (Å²) in [5.41, 5.74) is 2.73. The highest BCUT2D eigenvalue weighted by Gasteiger charge is 2.18. The Morgan fingerprint density at radius 3 is 2.55 bits per heavy atom. The number of ether oxygens (including phenoxy) is 2. The van der Waals surface area contributed by atoms with Gasteiger partial charge in [-0.3, -0.25) is 0 Å². The van der Waals surface area contributed by atoms with Gasteiger partial charge in [-0.05, 0) is 50.1 Å². The van der Waals surface area contributed by atoms with Crippen LogP contribution in [0.1, 0.15) is 26.3 Å². The summed E-state index contributed by atoms with van der Waals surface area (Å²) in [6, 6.07) is 7.62. The molecule has 0 aliphatic rings. The molecule has 0 bridgehead atoms. The molecule has 0 amide bonds. The lowest BCUT2D eigenvalue weighted by Crippen LogP contribution is -2.27. The number of benzene rings is 1. The average molecular weight is 416 g/mol. The molecule has 0 radical (unpaired) electrons. The Hall–Kier alpha value is -2.97. The van der Waals surface area contributed by atoms with Crippen LogP contribution in [0.25, 0.3) is 11.1 Å². The first-order valence-electron chi connectivity index (χ1n) is 8.91. The number of hydrogen-bond donors (Lipinski definition) is 1. The van der Waals surface area contributed by atoms with Crippen molar-refractivity contribution in [3.8, 4) is 11.1 Å². The summed E-state index contributed by atoms with van der Waals surface area (Å²) in [5, 5.41) is 7.46. The van der Waals surface area contributed by atoms with Gasteiger partial charge in [0.2, 0.25) is 5.28 Å². The van der Waals surface area contributed by atoms with Gasteiger partial charge in [0, 0.05) is 36.3 Å². The summed E-state index contributed by atoms with van der Waals surface area (Å²) < 4.78 is 11.7. The zero-order valence-corrected chi connectivity index (χ0v) is 17.4. The molecule has 0 saturated heterocycles. The van der Waals surface area contributed by atoms with Crippen LogP contribution in [0.2, 0.25) is 5.28 Å². The van der Waals surface area contributed by atoms with Crippen LogP contribution in [-0.4, -0.2) is 38.6 Å². The standard InChI is InChI=1S/C20H22ClN5O3/c1-20(2,3)29-19(27)26-11-14(10-23-26)13-5-7-16(8-6-13)24-17-15(12-28-4)9-22-18(21)25-17/h5-11H,12H2,1-4H3,(H,22,24,25). The Bertz CT molecular complexity index is 996. The topological polar surface area (TPSA) is 91.2 Å². The van der Waals surface area contributed by atoms with E-state index in [4.69, 9.17) is 21.1 Å². The Morgan fingerprint density at radius 2 is 1.90 bits per heavy atom. The zero-order chi connectivity index (χ0) is 21.0. The molecule has 9 heteroatoms. The van der Waals surface area contributed by atoms with Crippen molar-refractivity contribution in [1.82, 2.24) is 19.7 Å². The lowest BCUT2D eigenvalue weighted by atomic mass is 10.1. The molecule has 0 unspecified atom stereocenters. The number of carbonyl (C=O) groups is 1. The molecule has 0 fully saturated rings. The quantitative estimate of drug-likeness (QED) is 0.605. The zero-order valence-electron chi connectivity index (χ0n) is 16.6. The van der Waals surface area contributed by atoms with Gasteiger partial charge in [0.1, 0.15) is 11.4 Å². The van der Waals surface area contributed by atoms with Crippen LogP contribution in [0.4, 0.5) is 16.3 Å². The van der Waals surface area contributed by atoms with E-state index < -0.39 is 11.7 Å². The number of nitrogens with zero attached hydrogens (tertiary/aromatic N) is 4. The minimum atomic E-state index is -0.581. The second-order valence-corrected chi connectivity index (χ2v) is 7.64. The number of halogens is 1. The molecule has 0 spiro atoms. The first-order chi connectivity index (χ1) is 13.7. The fourth-order valence-corrected chi connectivity index (χ4v) is 2.65. The minimum absolute atomic E-state index is 0.151. The van der Waals surface area contributed by atoms with Gasteiger partial charge in [-0.25, -0.2) is 14.8 Å². The molecule has 1 aromatic carbocycles. The molecule has 0 aliphatic carbocycles. The molecular formula is C20H22ClN5O3. The second kappa shape index (κ2) is 8.59. The van der Waals surface area contributed by atoms with Gasteiger partial charge < -0.3 is 14.8 Å². The summed E-state index contributed by atoms with van der Waals surface area (Å²) in [6.45, 7) is 5.79. The summed E-state index contributed by atoms with van der Waals surface area (Å²) in [4.78, 5) is 20.3. The van der Waals surface area contributed by atoms with Crippen molar-refractivity contribution in [1.29, 1.82) is 0 Å². The highest BCUT2D eigenvalue weighted by Crippen LogP contribution is 2.25. The van der Waals surface area contributed by atoms with Crippen LogP contribution >= 0.6 is 11.6 Å². The third kappa shape index (κ3) is 5.52. The largest absolute Gasteiger partial charge is 0.442 e. The molecule has 0 aliphatic heterocycles. The van der Waals surface area contributed by atoms with Gasteiger partial charge in [0.05, 0.1) is 12.8 Å². The fourth-order valence-electron chi connectivity index (χ4n) is 2.52. The summed E-state index contributed by atoms with van der Waals surface area (Å²) in [5.74, 6) is 0.581. The van der Waals surface area contributed by atoms with Crippen LogP contribution in [-0.2, 0) is 16.1 Å². The van der Waals surface area contributed by atoms with Crippen molar-refractivity contribution in [2.75, 3.05) is 12.4 Å². The maximum absolute atomic E-state index is 12.1. The Kier molecular flexibility index (Phi) is 6.14. The number of rotatable bonds is 5. The van der Waals surface area contributed by atoms with Gasteiger partial charge in [0.25, 0.3) is 0 Å². The van der Waals surface area contributed by atoms with E-state index in [1.807, 2.05) is 45.0 Å². The molecule has 152 valence electrons. The van der Waals surface area contributed by atoms with Crippen LogP contribution in [0, 0.1) is 0 Å². The summed E-state index contributed by atoms with van der Waals surface area (Å²) in [7, 11) is 1.60. The van der Waals surface area contributed by atoms with Crippen LogP contribution in [0.3, 0.4) is 0 Å². The minimum Gasteiger partial charge on any atom is -0.442 e. The first-order valence-corrected chi connectivity index (χ1v) is 9.29. The van der Waals surface area contributed by atoms with E-state index in [9.17, 15) is 4.79 Å². The number of aromatic nitrogens is 4. The maximum atomic E-state index is 12.1. The molecule has 0 atom stereocenters. The van der Waals surface area contributed by atoms with Gasteiger partial charge in [0.15, 0.2) is 0 Å². The SMILES string of the molecule is COCc1cnc(Cl)nc1Nc1ccc(-c2cnn(C(=O)OC(C)(C)C)c2)cc1. The molecule has 3 rings (SSSR count). The molecule has 29 heavy (non-hydrogen) atoms. The second-order valence-electron chi connectivity index (χ2n) is 7.30. The number of nitrogens with one attached hydrogen (secondary N) is 1. The van der Waals surface area contributed by atoms with Gasteiger partial charge in [-0.1, -0.05) is 12.1 Å². The molecule has 0 saturated carbocycles.